The van der Waals surface area contributed by atoms with E-state index in [9.17, 15) is 4.79 Å². The number of fused-ring (bicyclic) bond motifs is 1. The molecule has 0 unspecified atom stereocenters. The Morgan fingerprint density at radius 3 is 2.31 bits per heavy atom. The van der Waals surface area contributed by atoms with Gasteiger partial charge in [0.15, 0.2) is 5.84 Å². The molecule has 0 spiro atoms. The van der Waals surface area contributed by atoms with Crippen molar-refractivity contribution in [3.63, 3.8) is 0 Å². The zero-order chi connectivity index (χ0) is 24.5. The van der Waals surface area contributed by atoms with E-state index in [0.717, 1.165) is 32.0 Å². The Balaban J connectivity index is 1.39. The molecule has 6 rings (SSSR count). The van der Waals surface area contributed by atoms with Crippen LogP contribution in [0.1, 0.15) is 11.1 Å². The number of benzene rings is 4. The van der Waals surface area contributed by atoms with Crippen LogP contribution < -0.4 is 4.90 Å². The topological polar surface area (TPSA) is 61.4 Å². The first-order chi connectivity index (χ1) is 17.6. The van der Waals surface area contributed by atoms with E-state index in [4.69, 9.17) is 21.6 Å². The smallest absolute Gasteiger partial charge is 0.285 e. The summed E-state index contributed by atoms with van der Waals surface area (Å²) in [7, 11) is 0. The first-order valence-electron chi connectivity index (χ1n) is 11.3. The zero-order valence-corrected chi connectivity index (χ0v) is 20.5. The second kappa shape index (κ2) is 9.49. The van der Waals surface area contributed by atoms with Gasteiger partial charge in [-0.25, -0.2) is 14.9 Å². The summed E-state index contributed by atoms with van der Waals surface area (Å²) in [5.41, 5.74) is 3.62. The highest BCUT2D eigenvalue weighted by Gasteiger charge is 2.34. The van der Waals surface area contributed by atoms with Gasteiger partial charge in [-0.05, 0) is 54.1 Å². The van der Waals surface area contributed by atoms with Crippen LogP contribution in [-0.4, -0.2) is 21.7 Å². The predicted molar refractivity (Wildman–Crippen MR) is 147 cm³/mol. The average molecular weight is 507 g/mol. The Hall–Kier alpha value is -4.13. The van der Waals surface area contributed by atoms with E-state index in [2.05, 4.69) is 17.1 Å². The molecule has 5 nitrogen and oxygen atoms in total. The molecule has 0 saturated carbocycles. The lowest BCUT2D eigenvalue weighted by atomic mass is 10.2. The summed E-state index contributed by atoms with van der Waals surface area (Å²) in [6.07, 6.45) is 1.76. The van der Waals surface area contributed by atoms with Crippen LogP contribution in [0.4, 0.5) is 5.95 Å². The number of H-pyrrole nitrogens is 1. The van der Waals surface area contributed by atoms with Gasteiger partial charge in [-0.15, -0.1) is 0 Å². The summed E-state index contributed by atoms with van der Waals surface area (Å²) in [4.78, 5) is 30.2. The Morgan fingerprint density at radius 2 is 1.56 bits per heavy atom. The van der Waals surface area contributed by atoms with Crippen molar-refractivity contribution in [2.45, 2.75) is 9.79 Å². The molecule has 0 aliphatic carbocycles. The number of rotatable bonds is 5. The number of aromatic amines is 1. The molecule has 2 heterocycles. The van der Waals surface area contributed by atoms with Crippen molar-refractivity contribution in [3.8, 4) is 0 Å². The number of halogens is 1. The number of hydrogen-bond donors (Lipinski definition) is 1. The minimum atomic E-state index is -0.248. The summed E-state index contributed by atoms with van der Waals surface area (Å²) >= 11 is 7.70. The van der Waals surface area contributed by atoms with Crippen LogP contribution in [0.15, 0.2) is 124 Å². The van der Waals surface area contributed by atoms with Gasteiger partial charge in [0, 0.05) is 20.4 Å². The number of aromatic nitrogens is 2. The summed E-state index contributed by atoms with van der Waals surface area (Å²) in [6.45, 7) is 0. The van der Waals surface area contributed by atoms with Crippen LogP contribution in [-0.2, 0) is 4.79 Å². The van der Waals surface area contributed by atoms with Crippen LogP contribution in [0.2, 0.25) is 5.02 Å². The molecule has 1 aliphatic rings. The number of nitrogens with one attached hydrogen (secondary N) is 1. The van der Waals surface area contributed by atoms with Crippen molar-refractivity contribution >= 4 is 58.2 Å². The monoisotopic (exact) mass is 506 g/mol. The van der Waals surface area contributed by atoms with Gasteiger partial charge in [-0.2, -0.15) is 0 Å². The van der Waals surface area contributed by atoms with E-state index in [1.807, 2.05) is 78.9 Å². The first kappa shape index (κ1) is 22.3. The maximum absolute atomic E-state index is 13.6. The molecule has 36 heavy (non-hydrogen) atoms. The molecule has 0 radical (unpaired) electrons. The molecule has 1 aromatic heterocycles. The summed E-state index contributed by atoms with van der Waals surface area (Å²) in [5.74, 6) is 0.708. The fourth-order valence-electron chi connectivity index (χ4n) is 3.98. The molecule has 174 valence electrons. The van der Waals surface area contributed by atoms with E-state index in [0.29, 0.717) is 22.5 Å². The second-order valence-electron chi connectivity index (χ2n) is 8.18. The lowest BCUT2D eigenvalue weighted by Gasteiger charge is -2.15. The molecule has 7 heteroatoms. The average Bonchev–Trinajstić information content (AvgIpc) is 3.46. The fourth-order valence-corrected chi connectivity index (χ4v) is 4.98. The summed E-state index contributed by atoms with van der Waals surface area (Å²) < 4.78 is 0. The molecule has 0 bridgehead atoms. The van der Waals surface area contributed by atoms with E-state index in [-0.39, 0.29) is 5.91 Å². The van der Waals surface area contributed by atoms with Gasteiger partial charge in [0.1, 0.15) is 5.70 Å². The predicted octanol–water partition coefficient (Wildman–Crippen LogP) is 7.20. The number of amides is 1. The largest absolute Gasteiger partial charge is 0.323 e. The van der Waals surface area contributed by atoms with Gasteiger partial charge in [0.25, 0.3) is 5.91 Å². The second-order valence-corrected chi connectivity index (χ2v) is 9.76. The van der Waals surface area contributed by atoms with Crippen molar-refractivity contribution in [2.75, 3.05) is 4.90 Å². The molecular weight excluding hydrogens is 488 g/mol. The summed E-state index contributed by atoms with van der Waals surface area (Å²) in [5, 5.41) is 0.636. The number of carbonyl (C=O) groups excluding carboxylic acids is 1. The molecule has 1 amide bonds. The Kier molecular flexibility index (Phi) is 5.89. The van der Waals surface area contributed by atoms with Crippen molar-refractivity contribution in [3.05, 3.63) is 125 Å². The highest BCUT2D eigenvalue weighted by Crippen LogP contribution is 2.32. The van der Waals surface area contributed by atoms with Gasteiger partial charge >= 0.3 is 0 Å². The van der Waals surface area contributed by atoms with E-state index in [1.165, 1.54) is 0 Å². The molecule has 4 aromatic carbocycles. The molecule has 0 saturated heterocycles. The maximum Gasteiger partial charge on any atom is 0.285 e. The molecular formula is C29H19ClN4OS. The zero-order valence-electron chi connectivity index (χ0n) is 18.9. The first-order valence-corrected chi connectivity index (χ1v) is 12.5. The quantitative estimate of drug-likeness (QED) is 0.256. The number of carbonyl (C=O) groups is 1. The molecule has 1 aliphatic heterocycles. The third kappa shape index (κ3) is 4.44. The van der Waals surface area contributed by atoms with Crippen molar-refractivity contribution < 1.29 is 4.79 Å². The Labute approximate surface area is 217 Å². The van der Waals surface area contributed by atoms with E-state index < -0.39 is 0 Å². The lowest BCUT2D eigenvalue weighted by Crippen LogP contribution is -2.33. The number of imidazole rings is 1. The third-order valence-electron chi connectivity index (χ3n) is 5.70. The number of amidine groups is 1. The standard InChI is InChI=1S/C29H19ClN4OS/c30-21-13-11-19(12-14-21)17-26-28(35)34(27(31-26)20-7-3-1-4-8-20)29-32-24-16-15-23(18-25(24)33-29)36-22-9-5-2-6-10-22/h1-18H,(H,32,33)/b26-17-. The highest BCUT2D eigenvalue weighted by molar-refractivity contribution is 7.99. The minimum Gasteiger partial charge on any atom is -0.323 e. The van der Waals surface area contributed by atoms with Gasteiger partial charge in [0.05, 0.1) is 11.0 Å². The molecule has 1 N–H and O–H groups in total. The maximum atomic E-state index is 13.6. The number of aliphatic imine (C=N–C) groups is 1. The van der Waals surface area contributed by atoms with Crippen molar-refractivity contribution in [1.82, 2.24) is 9.97 Å². The normalized spacial score (nSPS) is 14.6. The minimum absolute atomic E-state index is 0.248. The van der Waals surface area contributed by atoms with Crippen LogP contribution >= 0.6 is 23.4 Å². The van der Waals surface area contributed by atoms with Gasteiger partial charge < -0.3 is 4.98 Å². The van der Waals surface area contributed by atoms with E-state index in [1.54, 1.807) is 34.9 Å². The number of nitrogens with zero attached hydrogens (tertiary/aromatic N) is 3. The van der Waals surface area contributed by atoms with Gasteiger partial charge in [0.2, 0.25) is 5.95 Å². The highest BCUT2D eigenvalue weighted by atomic mass is 35.5. The van der Waals surface area contributed by atoms with Crippen molar-refractivity contribution in [2.24, 2.45) is 4.99 Å². The fraction of sp³-hybridized carbons (Fsp3) is 0. The molecule has 0 atom stereocenters. The van der Waals surface area contributed by atoms with Crippen molar-refractivity contribution in [1.29, 1.82) is 0 Å². The Morgan fingerprint density at radius 1 is 0.833 bits per heavy atom. The van der Waals surface area contributed by atoms with Crippen LogP contribution in [0, 0.1) is 0 Å². The van der Waals surface area contributed by atoms with Gasteiger partial charge in [-0.3, -0.25) is 4.79 Å². The molecule has 0 fully saturated rings. The number of anilines is 1. The lowest BCUT2D eigenvalue weighted by molar-refractivity contribution is -0.113. The van der Waals surface area contributed by atoms with Crippen LogP contribution in [0.5, 0.6) is 0 Å². The van der Waals surface area contributed by atoms with Crippen LogP contribution in [0.25, 0.3) is 17.1 Å². The van der Waals surface area contributed by atoms with Crippen LogP contribution in [0.3, 0.4) is 0 Å². The third-order valence-corrected chi connectivity index (χ3v) is 6.95. The van der Waals surface area contributed by atoms with E-state index >= 15 is 0 Å². The Bertz CT molecular complexity index is 1630. The number of hydrogen-bond acceptors (Lipinski definition) is 4. The van der Waals surface area contributed by atoms with Gasteiger partial charge in [-0.1, -0.05) is 84.0 Å². The SMILES string of the molecule is O=C1/C(=C/c2ccc(Cl)cc2)N=C(c2ccccc2)N1c1nc2ccc(Sc3ccccc3)cc2[nH]1. The molecule has 5 aromatic rings. The summed E-state index contributed by atoms with van der Waals surface area (Å²) in [6, 6.07) is 33.2.